The van der Waals surface area contributed by atoms with Crippen molar-refractivity contribution >= 4 is 63.5 Å². The van der Waals surface area contributed by atoms with E-state index in [0.29, 0.717) is 10.0 Å². The highest BCUT2D eigenvalue weighted by Crippen LogP contribution is 2.28. The average Bonchev–Trinajstić information content (AvgIpc) is 2.61. The quantitative estimate of drug-likeness (QED) is 0.656. The van der Waals surface area contributed by atoms with E-state index in [0.717, 1.165) is 53.3 Å². The number of nitrogens with one attached hydrogen (secondary N) is 1. The number of hydrogen-bond donors (Lipinski definition) is 1. The second-order valence-electron chi connectivity index (χ2n) is 5.92. The predicted molar refractivity (Wildman–Crippen MR) is 113 cm³/mol. The van der Waals surface area contributed by atoms with Gasteiger partial charge in [0, 0.05) is 42.6 Å². The Morgan fingerprint density at radius 3 is 2.36 bits per heavy atom. The second-order valence-corrected chi connectivity index (χ2v) is 7.52. The van der Waals surface area contributed by atoms with Crippen LogP contribution < -0.4 is 10.2 Å². The highest BCUT2D eigenvalue weighted by Gasteiger charge is 2.20. The molecule has 0 aliphatic carbocycles. The van der Waals surface area contributed by atoms with Gasteiger partial charge >= 0.3 is 0 Å². The fourth-order valence-corrected chi connectivity index (χ4v) is 3.55. The molecular formula is C18H18Cl3N3S. The Labute approximate surface area is 168 Å². The lowest BCUT2D eigenvalue weighted by Crippen LogP contribution is -2.50. The molecule has 0 amide bonds. The highest BCUT2D eigenvalue weighted by atomic mass is 35.5. The molecule has 0 radical (unpaired) electrons. The zero-order valence-corrected chi connectivity index (χ0v) is 16.8. The molecule has 0 unspecified atom stereocenters. The van der Waals surface area contributed by atoms with Crippen LogP contribution in [0.5, 0.6) is 0 Å². The molecule has 1 heterocycles. The van der Waals surface area contributed by atoms with Crippen molar-refractivity contribution in [2.75, 3.05) is 36.4 Å². The molecule has 1 N–H and O–H groups in total. The highest BCUT2D eigenvalue weighted by molar-refractivity contribution is 7.80. The van der Waals surface area contributed by atoms with Crippen molar-refractivity contribution < 1.29 is 0 Å². The minimum absolute atomic E-state index is 0.575. The fraction of sp³-hybridized carbons (Fsp3) is 0.278. The normalized spacial score (nSPS) is 14.6. The standard InChI is InChI=1S/C18H18Cl3N3S/c1-12-14(19)3-2-4-17(12)22-18(25)24-9-7-23(8-10-24)13-5-6-15(20)16(21)11-13/h2-6,11H,7-10H2,1H3,(H,22,25). The molecule has 0 atom stereocenters. The smallest absolute Gasteiger partial charge is 0.173 e. The van der Waals surface area contributed by atoms with E-state index in [1.54, 1.807) is 0 Å². The largest absolute Gasteiger partial charge is 0.368 e. The predicted octanol–water partition coefficient (Wildman–Crippen LogP) is 5.47. The summed E-state index contributed by atoms with van der Waals surface area (Å²) in [5, 5.41) is 5.92. The van der Waals surface area contributed by atoms with Gasteiger partial charge < -0.3 is 15.1 Å². The fourth-order valence-electron chi connectivity index (χ4n) is 2.79. The first kappa shape index (κ1) is 18.6. The lowest BCUT2D eigenvalue weighted by Gasteiger charge is -2.37. The third-order valence-corrected chi connectivity index (χ3v) is 5.85. The summed E-state index contributed by atoms with van der Waals surface area (Å²) in [6, 6.07) is 11.5. The van der Waals surface area contributed by atoms with Crippen LogP contribution in [0.15, 0.2) is 36.4 Å². The van der Waals surface area contributed by atoms with Crippen LogP contribution in [0.2, 0.25) is 15.1 Å². The van der Waals surface area contributed by atoms with Crippen LogP contribution in [0.4, 0.5) is 11.4 Å². The van der Waals surface area contributed by atoms with E-state index >= 15 is 0 Å². The first-order valence-electron chi connectivity index (χ1n) is 7.97. The summed E-state index contributed by atoms with van der Waals surface area (Å²) in [5.74, 6) is 0. The van der Waals surface area contributed by atoms with Gasteiger partial charge in [-0.2, -0.15) is 0 Å². The monoisotopic (exact) mass is 413 g/mol. The molecule has 3 rings (SSSR count). The number of hydrogen-bond acceptors (Lipinski definition) is 2. The zero-order chi connectivity index (χ0) is 18.0. The van der Waals surface area contributed by atoms with Gasteiger partial charge in [0.05, 0.1) is 10.0 Å². The van der Waals surface area contributed by atoms with E-state index < -0.39 is 0 Å². The molecule has 1 aliphatic heterocycles. The first-order valence-corrected chi connectivity index (χ1v) is 9.51. The maximum Gasteiger partial charge on any atom is 0.173 e. The van der Waals surface area contributed by atoms with E-state index in [9.17, 15) is 0 Å². The summed E-state index contributed by atoms with van der Waals surface area (Å²) in [6.45, 7) is 5.40. The molecule has 0 aromatic heterocycles. The zero-order valence-electron chi connectivity index (χ0n) is 13.7. The van der Waals surface area contributed by atoms with Crippen molar-refractivity contribution in [3.05, 3.63) is 57.0 Å². The van der Waals surface area contributed by atoms with Crippen LogP contribution in [0.25, 0.3) is 0 Å². The third kappa shape index (κ3) is 4.32. The maximum atomic E-state index is 6.17. The molecule has 25 heavy (non-hydrogen) atoms. The summed E-state index contributed by atoms with van der Waals surface area (Å²) in [5.41, 5.74) is 3.03. The van der Waals surface area contributed by atoms with Gasteiger partial charge in [-0.1, -0.05) is 40.9 Å². The van der Waals surface area contributed by atoms with Crippen LogP contribution in [-0.2, 0) is 0 Å². The van der Waals surface area contributed by atoms with Crippen molar-refractivity contribution in [3.8, 4) is 0 Å². The lowest BCUT2D eigenvalue weighted by atomic mass is 10.2. The van der Waals surface area contributed by atoms with E-state index in [4.69, 9.17) is 47.0 Å². The summed E-state index contributed by atoms with van der Waals surface area (Å²) in [6.07, 6.45) is 0. The second kappa shape index (κ2) is 8.00. The van der Waals surface area contributed by atoms with Crippen molar-refractivity contribution in [3.63, 3.8) is 0 Å². The summed E-state index contributed by atoms with van der Waals surface area (Å²) in [7, 11) is 0. The molecular weight excluding hydrogens is 397 g/mol. The van der Waals surface area contributed by atoms with Gasteiger partial charge in [0.1, 0.15) is 0 Å². The van der Waals surface area contributed by atoms with Crippen LogP contribution in [0.3, 0.4) is 0 Å². The van der Waals surface area contributed by atoms with E-state index in [-0.39, 0.29) is 0 Å². The molecule has 1 saturated heterocycles. The van der Waals surface area contributed by atoms with Gasteiger partial charge in [0.2, 0.25) is 0 Å². The van der Waals surface area contributed by atoms with Gasteiger partial charge in [-0.15, -0.1) is 0 Å². The number of benzene rings is 2. The van der Waals surface area contributed by atoms with E-state index in [2.05, 4.69) is 15.1 Å². The van der Waals surface area contributed by atoms with Crippen LogP contribution in [0.1, 0.15) is 5.56 Å². The minimum Gasteiger partial charge on any atom is -0.368 e. The minimum atomic E-state index is 0.575. The summed E-state index contributed by atoms with van der Waals surface area (Å²) >= 11 is 23.8. The molecule has 132 valence electrons. The Balaban J connectivity index is 1.60. The number of piperazine rings is 1. The topological polar surface area (TPSA) is 18.5 Å². The van der Waals surface area contributed by atoms with Crippen LogP contribution >= 0.6 is 47.0 Å². The number of nitrogens with zero attached hydrogens (tertiary/aromatic N) is 2. The van der Waals surface area contributed by atoms with Gasteiger partial charge in [0.15, 0.2) is 5.11 Å². The Morgan fingerprint density at radius 2 is 1.68 bits per heavy atom. The number of halogens is 3. The van der Waals surface area contributed by atoms with Gasteiger partial charge in [-0.05, 0) is 55.0 Å². The maximum absolute atomic E-state index is 6.17. The molecule has 0 spiro atoms. The molecule has 3 nitrogen and oxygen atoms in total. The van der Waals surface area contributed by atoms with Crippen molar-refractivity contribution in [1.82, 2.24) is 4.90 Å². The van der Waals surface area contributed by atoms with Crippen molar-refractivity contribution in [2.24, 2.45) is 0 Å². The summed E-state index contributed by atoms with van der Waals surface area (Å²) in [4.78, 5) is 4.45. The van der Waals surface area contributed by atoms with Gasteiger partial charge in [0.25, 0.3) is 0 Å². The van der Waals surface area contributed by atoms with Crippen LogP contribution in [0, 0.1) is 6.92 Å². The Kier molecular flexibility index (Phi) is 5.95. The average molecular weight is 415 g/mol. The molecule has 1 fully saturated rings. The van der Waals surface area contributed by atoms with E-state index in [1.165, 1.54) is 0 Å². The molecule has 2 aromatic rings. The SMILES string of the molecule is Cc1c(Cl)cccc1NC(=S)N1CCN(c2ccc(Cl)c(Cl)c2)CC1. The number of thiocarbonyl (C=S) groups is 1. The van der Waals surface area contributed by atoms with Crippen LogP contribution in [-0.4, -0.2) is 36.2 Å². The summed E-state index contributed by atoms with van der Waals surface area (Å²) < 4.78 is 0. The third-order valence-electron chi connectivity index (χ3n) is 4.34. The Bertz CT molecular complexity index is 789. The molecule has 2 aromatic carbocycles. The Morgan fingerprint density at radius 1 is 0.960 bits per heavy atom. The first-order chi connectivity index (χ1) is 12.0. The van der Waals surface area contributed by atoms with Gasteiger partial charge in [-0.3, -0.25) is 0 Å². The number of anilines is 2. The molecule has 1 aliphatic rings. The van der Waals surface area contributed by atoms with Crippen molar-refractivity contribution in [1.29, 1.82) is 0 Å². The molecule has 0 saturated carbocycles. The molecule has 7 heteroatoms. The number of rotatable bonds is 2. The van der Waals surface area contributed by atoms with Gasteiger partial charge in [-0.25, -0.2) is 0 Å². The van der Waals surface area contributed by atoms with E-state index in [1.807, 2.05) is 43.3 Å². The molecule has 0 bridgehead atoms. The lowest BCUT2D eigenvalue weighted by molar-refractivity contribution is 0.391. The van der Waals surface area contributed by atoms with Crippen molar-refractivity contribution in [2.45, 2.75) is 6.92 Å². The Hall–Kier alpha value is -1.20.